The number of hydrogen-bond acceptors (Lipinski definition) is 6. The van der Waals surface area contributed by atoms with Gasteiger partial charge in [-0.05, 0) is 6.07 Å². The molecule has 1 amide bonds. The molecule has 1 aromatic carbocycles. The average Bonchev–Trinajstić information content (AvgIpc) is 2.39. The molecule has 0 heterocycles. The van der Waals surface area contributed by atoms with Gasteiger partial charge in [-0.1, -0.05) is 0 Å². The van der Waals surface area contributed by atoms with Crippen molar-refractivity contribution < 1.29 is 19.2 Å². The summed E-state index contributed by atoms with van der Waals surface area (Å²) >= 11 is 0. The van der Waals surface area contributed by atoms with Gasteiger partial charge in [0.05, 0.1) is 17.7 Å². The number of nitro benzene ring substituents is 1. The normalized spacial score (nSPS) is 11.7. The quantitative estimate of drug-likeness (QED) is 0.574. The van der Waals surface area contributed by atoms with Crippen molar-refractivity contribution in [3.05, 3.63) is 28.3 Å². The largest absolute Gasteiger partial charge is 0.495 e. The highest BCUT2D eigenvalue weighted by molar-refractivity contribution is 5.96. The number of amides is 1. The molecule has 0 spiro atoms. The number of benzene rings is 1. The van der Waals surface area contributed by atoms with Crippen LogP contribution in [0.25, 0.3) is 0 Å². The molecule has 0 aromatic heterocycles. The van der Waals surface area contributed by atoms with E-state index in [1.165, 1.54) is 32.4 Å². The summed E-state index contributed by atoms with van der Waals surface area (Å²) < 4.78 is 9.89. The lowest BCUT2D eigenvalue weighted by Crippen LogP contribution is -2.36. The first-order valence-corrected chi connectivity index (χ1v) is 5.39. The first kappa shape index (κ1) is 14.9. The highest BCUT2D eigenvalue weighted by Gasteiger charge is 2.19. The molecule has 8 nitrogen and oxygen atoms in total. The number of rotatable bonds is 6. The Balaban J connectivity index is 3.00. The van der Waals surface area contributed by atoms with Crippen LogP contribution in [0.5, 0.6) is 5.75 Å². The van der Waals surface area contributed by atoms with E-state index in [2.05, 4.69) is 5.32 Å². The Bertz CT molecular complexity index is 473. The summed E-state index contributed by atoms with van der Waals surface area (Å²) in [6, 6.07) is 3.89. The van der Waals surface area contributed by atoms with Crippen LogP contribution in [-0.2, 0) is 9.53 Å². The molecule has 0 saturated heterocycles. The minimum Gasteiger partial charge on any atom is -0.495 e. The summed E-state index contributed by atoms with van der Waals surface area (Å²) in [5.41, 5.74) is 5.40. The molecule has 0 radical (unpaired) electrons. The number of methoxy groups -OCH3 is 2. The number of hydrogen-bond donors (Lipinski definition) is 2. The van der Waals surface area contributed by atoms with Gasteiger partial charge in [-0.25, -0.2) is 0 Å². The van der Waals surface area contributed by atoms with Gasteiger partial charge in [-0.2, -0.15) is 0 Å². The molecule has 0 fully saturated rings. The zero-order chi connectivity index (χ0) is 14.4. The highest BCUT2D eigenvalue weighted by Crippen LogP contribution is 2.28. The fourth-order valence-corrected chi connectivity index (χ4v) is 1.43. The number of non-ortho nitro benzene ring substituents is 1. The van der Waals surface area contributed by atoms with Crippen LogP contribution in [0.3, 0.4) is 0 Å². The maximum atomic E-state index is 11.8. The smallest absolute Gasteiger partial charge is 0.271 e. The molecular formula is C11H15N3O5. The number of nitro groups is 1. The predicted molar refractivity (Wildman–Crippen MR) is 68.1 cm³/mol. The number of ether oxygens (including phenoxy) is 2. The Morgan fingerprint density at radius 1 is 1.53 bits per heavy atom. The van der Waals surface area contributed by atoms with Gasteiger partial charge in [0.25, 0.3) is 11.6 Å². The minimum absolute atomic E-state index is 0.000421. The van der Waals surface area contributed by atoms with Crippen LogP contribution in [0.1, 0.15) is 0 Å². The van der Waals surface area contributed by atoms with E-state index in [1.54, 1.807) is 0 Å². The zero-order valence-electron chi connectivity index (χ0n) is 10.6. The van der Waals surface area contributed by atoms with Crippen LogP contribution in [0.15, 0.2) is 18.2 Å². The fourth-order valence-electron chi connectivity index (χ4n) is 1.43. The molecule has 8 heteroatoms. The van der Waals surface area contributed by atoms with Gasteiger partial charge in [-0.3, -0.25) is 14.9 Å². The SMILES string of the molecule is COc1ccc([N+](=O)[O-])cc1NC(=O)C(CN)OC. The van der Waals surface area contributed by atoms with E-state index in [9.17, 15) is 14.9 Å². The first-order valence-electron chi connectivity index (χ1n) is 5.39. The maximum Gasteiger partial charge on any atom is 0.271 e. The summed E-state index contributed by atoms with van der Waals surface area (Å²) in [4.78, 5) is 21.9. The van der Waals surface area contributed by atoms with Crippen LogP contribution in [0.2, 0.25) is 0 Å². The topological polar surface area (TPSA) is 117 Å². The second kappa shape index (κ2) is 6.66. The van der Waals surface area contributed by atoms with Gasteiger partial charge in [-0.15, -0.1) is 0 Å². The van der Waals surface area contributed by atoms with E-state index in [0.29, 0.717) is 5.75 Å². The average molecular weight is 269 g/mol. The van der Waals surface area contributed by atoms with Gasteiger partial charge in [0.1, 0.15) is 11.9 Å². The summed E-state index contributed by atoms with van der Waals surface area (Å²) in [6.45, 7) is -0.000421. The van der Waals surface area contributed by atoms with Gasteiger partial charge >= 0.3 is 0 Å². The van der Waals surface area contributed by atoms with Gasteiger partial charge in [0, 0.05) is 25.8 Å². The summed E-state index contributed by atoms with van der Waals surface area (Å²) in [7, 11) is 2.75. The molecule has 104 valence electrons. The van der Waals surface area contributed by atoms with Crippen molar-refractivity contribution in [2.45, 2.75) is 6.10 Å². The molecule has 19 heavy (non-hydrogen) atoms. The van der Waals surface area contributed by atoms with Crippen LogP contribution >= 0.6 is 0 Å². The van der Waals surface area contributed by atoms with Crippen molar-refractivity contribution in [3.63, 3.8) is 0 Å². The van der Waals surface area contributed by atoms with E-state index < -0.39 is 16.9 Å². The zero-order valence-corrected chi connectivity index (χ0v) is 10.6. The Labute approximate surface area is 109 Å². The van der Waals surface area contributed by atoms with Crippen LogP contribution in [0.4, 0.5) is 11.4 Å². The number of nitrogens with zero attached hydrogens (tertiary/aromatic N) is 1. The molecule has 1 aromatic rings. The molecule has 0 aliphatic heterocycles. The number of carbonyl (C=O) groups excluding carboxylic acids is 1. The number of anilines is 1. The van der Waals surface area contributed by atoms with Crippen LogP contribution < -0.4 is 15.8 Å². The second-order valence-electron chi connectivity index (χ2n) is 3.59. The number of carbonyl (C=O) groups is 1. The molecule has 0 aliphatic carbocycles. The van der Waals surface area contributed by atoms with E-state index in [1.807, 2.05) is 0 Å². The second-order valence-corrected chi connectivity index (χ2v) is 3.59. The summed E-state index contributed by atoms with van der Waals surface area (Å²) in [5.74, 6) is -0.186. The fraction of sp³-hybridized carbons (Fsp3) is 0.364. The van der Waals surface area contributed by atoms with E-state index in [4.69, 9.17) is 15.2 Å². The Morgan fingerprint density at radius 2 is 2.21 bits per heavy atom. The lowest BCUT2D eigenvalue weighted by atomic mass is 10.2. The predicted octanol–water partition coefficient (Wildman–Crippen LogP) is 0.516. The van der Waals surface area contributed by atoms with Crippen molar-refractivity contribution in [1.29, 1.82) is 0 Å². The molecule has 0 saturated carbocycles. The van der Waals surface area contributed by atoms with E-state index in [0.717, 1.165) is 0 Å². The van der Waals surface area contributed by atoms with Gasteiger partial charge in [0.2, 0.25) is 0 Å². The van der Waals surface area contributed by atoms with Crippen molar-refractivity contribution >= 4 is 17.3 Å². The molecule has 0 bridgehead atoms. The van der Waals surface area contributed by atoms with E-state index >= 15 is 0 Å². The third kappa shape index (κ3) is 3.63. The number of nitrogens with one attached hydrogen (secondary N) is 1. The van der Waals surface area contributed by atoms with Crippen LogP contribution in [-0.4, -0.2) is 37.7 Å². The first-order chi connectivity index (χ1) is 9.03. The third-order valence-corrected chi connectivity index (χ3v) is 2.44. The van der Waals surface area contributed by atoms with Crippen molar-refractivity contribution in [2.75, 3.05) is 26.1 Å². The van der Waals surface area contributed by atoms with Crippen molar-refractivity contribution in [3.8, 4) is 5.75 Å². The molecule has 3 N–H and O–H groups in total. The lowest BCUT2D eigenvalue weighted by Gasteiger charge is -2.14. The lowest BCUT2D eigenvalue weighted by molar-refractivity contribution is -0.384. The maximum absolute atomic E-state index is 11.8. The minimum atomic E-state index is -0.830. The molecule has 1 rings (SSSR count). The summed E-state index contributed by atoms with van der Waals surface area (Å²) in [5, 5.41) is 13.2. The molecular weight excluding hydrogens is 254 g/mol. The Kier molecular flexibility index (Phi) is 5.22. The van der Waals surface area contributed by atoms with Gasteiger partial charge < -0.3 is 20.5 Å². The van der Waals surface area contributed by atoms with Crippen molar-refractivity contribution in [2.24, 2.45) is 5.73 Å². The van der Waals surface area contributed by atoms with Crippen molar-refractivity contribution in [1.82, 2.24) is 0 Å². The Hall–Kier alpha value is -2.19. The standard InChI is InChI=1S/C11H15N3O5/c1-18-9-4-3-7(14(16)17)5-8(9)13-11(15)10(6-12)19-2/h3-5,10H,6,12H2,1-2H3,(H,13,15). The monoisotopic (exact) mass is 269 g/mol. The highest BCUT2D eigenvalue weighted by atomic mass is 16.6. The van der Waals surface area contributed by atoms with Crippen LogP contribution in [0, 0.1) is 10.1 Å². The third-order valence-electron chi connectivity index (χ3n) is 2.44. The molecule has 1 unspecified atom stereocenters. The molecule has 0 aliphatic rings. The number of nitrogens with two attached hydrogens (primary N) is 1. The Morgan fingerprint density at radius 3 is 2.68 bits per heavy atom. The van der Waals surface area contributed by atoms with Gasteiger partial charge in [0.15, 0.2) is 0 Å². The van der Waals surface area contributed by atoms with E-state index in [-0.39, 0.29) is 17.9 Å². The summed E-state index contributed by atoms with van der Waals surface area (Å²) in [6.07, 6.45) is -0.830. The molecule has 1 atom stereocenters.